The molecule has 8 aromatic rings. The van der Waals surface area contributed by atoms with Gasteiger partial charge in [-0.15, -0.1) is 0 Å². The molecule has 8 rings (SSSR count). The SMILES string of the molecule is c1ccc2c(c1)nc(-c1cccc3c1oc1ncccc13)n2-c1cccc2oc3ccccc3c12. The lowest BCUT2D eigenvalue weighted by molar-refractivity contribution is 0.654. The highest BCUT2D eigenvalue weighted by atomic mass is 16.3. The molecular weight excluding hydrogens is 434 g/mol. The standard InChI is InChI=1S/C30H17N3O2/c1-4-15-25-20(8-1)27-24(14-6-16-26(27)34-25)33-23-13-3-2-12-22(23)32-29(33)21-10-5-9-18-19-11-7-17-31-30(19)35-28(18)21/h1-17H. The highest BCUT2D eigenvalue weighted by Crippen LogP contribution is 2.40. The van der Waals surface area contributed by atoms with Crippen LogP contribution in [0.2, 0.25) is 0 Å². The molecule has 164 valence electrons. The van der Waals surface area contributed by atoms with Crippen molar-refractivity contribution in [2.75, 3.05) is 0 Å². The van der Waals surface area contributed by atoms with E-state index in [9.17, 15) is 0 Å². The van der Waals surface area contributed by atoms with Crippen molar-refractivity contribution in [1.82, 2.24) is 14.5 Å². The first-order valence-electron chi connectivity index (χ1n) is 11.5. The Balaban J connectivity index is 1.53. The van der Waals surface area contributed by atoms with Crippen LogP contribution >= 0.6 is 0 Å². The molecule has 0 saturated carbocycles. The lowest BCUT2D eigenvalue weighted by Gasteiger charge is -2.11. The van der Waals surface area contributed by atoms with Gasteiger partial charge >= 0.3 is 0 Å². The predicted molar refractivity (Wildman–Crippen MR) is 139 cm³/mol. The van der Waals surface area contributed by atoms with E-state index in [1.54, 1.807) is 6.20 Å². The summed E-state index contributed by atoms with van der Waals surface area (Å²) in [5, 5.41) is 4.16. The second kappa shape index (κ2) is 6.81. The third-order valence-electron chi connectivity index (χ3n) is 6.70. The van der Waals surface area contributed by atoms with Gasteiger partial charge in [0.25, 0.3) is 0 Å². The number of imidazole rings is 1. The quantitative estimate of drug-likeness (QED) is 0.268. The van der Waals surface area contributed by atoms with Gasteiger partial charge in [-0.1, -0.05) is 48.5 Å². The third-order valence-corrected chi connectivity index (χ3v) is 6.70. The number of aromatic nitrogens is 3. The van der Waals surface area contributed by atoms with Gasteiger partial charge in [0.15, 0.2) is 0 Å². The average Bonchev–Trinajstić information content (AvgIpc) is 3.59. The van der Waals surface area contributed by atoms with E-state index in [1.807, 2.05) is 60.7 Å². The Labute approximate surface area is 198 Å². The van der Waals surface area contributed by atoms with E-state index in [2.05, 4.69) is 45.9 Å². The van der Waals surface area contributed by atoms with Crippen molar-refractivity contribution in [1.29, 1.82) is 0 Å². The number of pyridine rings is 1. The number of hydrogen-bond donors (Lipinski definition) is 0. The molecule has 5 heteroatoms. The van der Waals surface area contributed by atoms with Crippen molar-refractivity contribution < 1.29 is 8.83 Å². The first kappa shape index (κ1) is 18.5. The van der Waals surface area contributed by atoms with Crippen molar-refractivity contribution in [2.24, 2.45) is 0 Å². The smallest absolute Gasteiger partial charge is 0.227 e. The van der Waals surface area contributed by atoms with E-state index in [0.29, 0.717) is 5.71 Å². The van der Waals surface area contributed by atoms with Gasteiger partial charge in [-0.25, -0.2) is 9.97 Å². The monoisotopic (exact) mass is 451 g/mol. The van der Waals surface area contributed by atoms with Gasteiger partial charge in [0.1, 0.15) is 22.6 Å². The highest BCUT2D eigenvalue weighted by Gasteiger charge is 2.22. The summed E-state index contributed by atoms with van der Waals surface area (Å²) in [7, 11) is 0. The van der Waals surface area contributed by atoms with E-state index >= 15 is 0 Å². The van der Waals surface area contributed by atoms with E-state index in [1.165, 1.54) is 0 Å². The molecule has 0 aliphatic rings. The zero-order chi connectivity index (χ0) is 22.9. The van der Waals surface area contributed by atoms with Crippen molar-refractivity contribution in [2.45, 2.75) is 0 Å². The maximum atomic E-state index is 6.28. The van der Waals surface area contributed by atoms with Crippen LogP contribution in [0.1, 0.15) is 0 Å². The fourth-order valence-corrected chi connectivity index (χ4v) is 5.20. The maximum absolute atomic E-state index is 6.28. The minimum absolute atomic E-state index is 0.626. The fourth-order valence-electron chi connectivity index (χ4n) is 5.20. The molecule has 35 heavy (non-hydrogen) atoms. The minimum atomic E-state index is 0.626. The molecule has 0 aliphatic carbocycles. The molecular formula is C30H17N3O2. The van der Waals surface area contributed by atoms with E-state index in [-0.39, 0.29) is 0 Å². The van der Waals surface area contributed by atoms with Gasteiger partial charge in [0.2, 0.25) is 5.71 Å². The van der Waals surface area contributed by atoms with Crippen LogP contribution in [0.5, 0.6) is 0 Å². The Kier molecular flexibility index (Phi) is 3.60. The largest absolute Gasteiger partial charge is 0.456 e. The van der Waals surface area contributed by atoms with Crippen LogP contribution in [0.25, 0.3) is 72.1 Å². The van der Waals surface area contributed by atoms with E-state index < -0.39 is 0 Å². The summed E-state index contributed by atoms with van der Waals surface area (Å²) in [6, 6.07) is 32.7. The summed E-state index contributed by atoms with van der Waals surface area (Å²) < 4.78 is 14.7. The zero-order valence-electron chi connectivity index (χ0n) is 18.5. The topological polar surface area (TPSA) is 57.0 Å². The van der Waals surface area contributed by atoms with Gasteiger partial charge in [0.05, 0.1) is 27.7 Å². The summed E-state index contributed by atoms with van der Waals surface area (Å²) in [6.07, 6.45) is 1.75. The third kappa shape index (κ3) is 2.52. The molecule has 0 bridgehead atoms. The molecule has 0 atom stereocenters. The summed E-state index contributed by atoms with van der Waals surface area (Å²) in [6.45, 7) is 0. The summed E-state index contributed by atoms with van der Waals surface area (Å²) in [5.41, 5.74) is 6.99. The molecule has 0 radical (unpaired) electrons. The van der Waals surface area contributed by atoms with Gasteiger partial charge in [-0.2, -0.15) is 0 Å². The number of para-hydroxylation sites is 4. The Morgan fingerprint density at radius 1 is 0.629 bits per heavy atom. The number of rotatable bonds is 2. The number of hydrogen-bond acceptors (Lipinski definition) is 4. The molecule has 4 heterocycles. The zero-order valence-corrected chi connectivity index (χ0v) is 18.5. The second-order valence-corrected chi connectivity index (χ2v) is 8.65. The average molecular weight is 451 g/mol. The number of benzene rings is 4. The van der Waals surface area contributed by atoms with Crippen LogP contribution in [-0.4, -0.2) is 14.5 Å². The summed E-state index contributed by atoms with van der Waals surface area (Å²) >= 11 is 0. The molecule has 0 fully saturated rings. The number of nitrogens with zero attached hydrogens (tertiary/aromatic N) is 3. The minimum Gasteiger partial charge on any atom is -0.456 e. The Hall–Kier alpha value is -4.90. The second-order valence-electron chi connectivity index (χ2n) is 8.65. The Bertz CT molecular complexity index is 2080. The van der Waals surface area contributed by atoms with Gasteiger partial charge in [0, 0.05) is 22.4 Å². The molecule has 0 aliphatic heterocycles. The maximum Gasteiger partial charge on any atom is 0.227 e. The van der Waals surface area contributed by atoms with Crippen LogP contribution in [-0.2, 0) is 0 Å². The predicted octanol–water partition coefficient (Wildman–Crippen LogP) is 7.89. The molecule has 4 aromatic carbocycles. The van der Waals surface area contributed by atoms with Crippen molar-refractivity contribution in [3.05, 3.63) is 103 Å². The molecule has 0 unspecified atom stereocenters. The lowest BCUT2D eigenvalue weighted by atomic mass is 10.1. The van der Waals surface area contributed by atoms with Crippen LogP contribution in [0.15, 0.2) is 112 Å². The normalized spacial score (nSPS) is 12.0. The van der Waals surface area contributed by atoms with Crippen LogP contribution in [0.4, 0.5) is 0 Å². The van der Waals surface area contributed by atoms with Gasteiger partial charge in [-0.05, 0) is 48.5 Å². The molecule has 0 amide bonds. The Morgan fingerprint density at radius 2 is 1.43 bits per heavy atom. The molecule has 5 nitrogen and oxygen atoms in total. The Morgan fingerprint density at radius 3 is 2.43 bits per heavy atom. The van der Waals surface area contributed by atoms with Crippen LogP contribution in [0, 0.1) is 0 Å². The van der Waals surface area contributed by atoms with Crippen LogP contribution in [0.3, 0.4) is 0 Å². The fraction of sp³-hybridized carbons (Fsp3) is 0. The molecule has 4 aromatic heterocycles. The first-order chi connectivity index (χ1) is 17.4. The van der Waals surface area contributed by atoms with Crippen molar-refractivity contribution in [3.8, 4) is 17.1 Å². The van der Waals surface area contributed by atoms with Crippen LogP contribution < -0.4 is 0 Å². The van der Waals surface area contributed by atoms with Gasteiger partial charge < -0.3 is 8.83 Å². The molecule has 0 N–H and O–H groups in total. The van der Waals surface area contributed by atoms with Crippen molar-refractivity contribution >= 4 is 55.0 Å². The molecule has 0 spiro atoms. The van der Waals surface area contributed by atoms with E-state index in [0.717, 1.165) is 66.4 Å². The van der Waals surface area contributed by atoms with Crippen molar-refractivity contribution in [3.63, 3.8) is 0 Å². The number of fused-ring (bicyclic) bond motifs is 7. The molecule has 0 saturated heterocycles. The first-order valence-corrected chi connectivity index (χ1v) is 11.5. The summed E-state index contributed by atoms with van der Waals surface area (Å²) in [5.74, 6) is 0.814. The van der Waals surface area contributed by atoms with E-state index in [4.69, 9.17) is 13.8 Å². The highest BCUT2D eigenvalue weighted by molar-refractivity contribution is 6.11. The summed E-state index contributed by atoms with van der Waals surface area (Å²) in [4.78, 5) is 9.54. The number of furan rings is 2. The van der Waals surface area contributed by atoms with Gasteiger partial charge in [-0.3, -0.25) is 4.57 Å². The lowest BCUT2D eigenvalue weighted by Crippen LogP contribution is -1.98.